The number of benzene rings is 3. The Kier molecular flexibility index (Phi) is 5.06. The highest BCUT2D eigenvalue weighted by Crippen LogP contribution is 2.33. The van der Waals surface area contributed by atoms with Crippen molar-refractivity contribution in [3.8, 4) is 5.69 Å². The molecule has 150 valence electrons. The standard InChI is InChI=1S/C24H20N4O.ClH/c1-16-22(24(29)28(27(16)2)17-10-4-3-5-11-17)26-23-18-12-6-8-14-20(18)25-21-15-9-7-13-19(21)23;/h3-15H,1-2H3,(H,25,26);1H. The molecule has 0 fully saturated rings. The molecule has 6 heteroatoms. The molecule has 0 atom stereocenters. The number of aromatic nitrogens is 3. The smallest absolute Gasteiger partial charge is 0.295 e. The van der Waals surface area contributed by atoms with Crippen LogP contribution in [0.3, 0.4) is 0 Å². The second-order valence-electron chi connectivity index (χ2n) is 7.08. The van der Waals surface area contributed by atoms with Crippen LogP contribution in [0.25, 0.3) is 27.5 Å². The van der Waals surface area contributed by atoms with Gasteiger partial charge in [0.1, 0.15) is 5.69 Å². The summed E-state index contributed by atoms with van der Waals surface area (Å²) in [7, 11) is 1.90. The third kappa shape index (κ3) is 3.04. The molecule has 0 radical (unpaired) electrons. The van der Waals surface area contributed by atoms with Gasteiger partial charge in [0.25, 0.3) is 5.56 Å². The maximum Gasteiger partial charge on any atom is 0.295 e. The number of pyridine rings is 1. The van der Waals surface area contributed by atoms with Crippen LogP contribution in [-0.4, -0.2) is 14.3 Å². The first-order valence-corrected chi connectivity index (χ1v) is 9.53. The van der Waals surface area contributed by atoms with Crippen LogP contribution in [-0.2, 0) is 7.05 Å². The fourth-order valence-electron chi connectivity index (χ4n) is 3.81. The Balaban J connectivity index is 0.00000218. The van der Waals surface area contributed by atoms with Crippen LogP contribution >= 0.6 is 12.4 Å². The zero-order chi connectivity index (χ0) is 20.0. The van der Waals surface area contributed by atoms with Gasteiger partial charge in [0.05, 0.1) is 28.1 Å². The molecule has 1 N–H and O–H groups in total. The highest BCUT2D eigenvalue weighted by Gasteiger charge is 2.18. The monoisotopic (exact) mass is 416 g/mol. The molecule has 2 aromatic heterocycles. The molecule has 5 aromatic rings. The minimum Gasteiger partial charge on any atom is -0.348 e. The molecule has 5 nitrogen and oxygen atoms in total. The average molecular weight is 417 g/mol. The lowest BCUT2D eigenvalue weighted by Crippen LogP contribution is -2.20. The van der Waals surface area contributed by atoms with E-state index in [1.54, 1.807) is 4.68 Å². The number of fused-ring (bicyclic) bond motifs is 2. The summed E-state index contributed by atoms with van der Waals surface area (Å²) in [5.41, 5.74) is 4.87. The summed E-state index contributed by atoms with van der Waals surface area (Å²) in [6.45, 7) is 1.95. The molecule has 0 aliphatic heterocycles. The first-order valence-electron chi connectivity index (χ1n) is 9.53. The van der Waals surface area contributed by atoms with Gasteiger partial charge < -0.3 is 5.32 Å². The maximum atomic E-state index is 13.4. The Morgan fingerprint density at radius 3 is 1.90 bits per heavy atom. The Morgan fingerprint density at radius 2 is 1.30 bits per heavy atom. The Labute approximate surface area is 180 Å². The highest BCUT2D eigenvalue weighted by molar-refractivity contribution is 6.08. The van der Waals surface area contributed by atoms with Gasteiger partial charge in [0, 0.05) is 17.8 Å². The van der Waals surface area contributed by atoms with Crippen LogP contribution in [0.1, 0.15) is 5.69 Å². The van der Waals surface area contributed by atoms with Gasteiger partial charge >= 0.3 is 0 Å². The number of para-hydroxylation sites is 3. The van der Waals surface area contributed by atoms with E-state index in [1.165, 1.54) is 0 Å². The summed E-state index contributed by atoms with van der Waals surface area (Å²) in [6.07, 6.45) is 0. The van der Waals surface area contributed by atoms with E-state index < -0.39 is 0 Å². The van der Waals surface area contributed by atoms with Gasteiger partial charge in [-0.05, 0) is 31.2 Å². The van der Waals surface area contributed by atoms with Gasteiger partial charge in [-0.15, -0.1) is 12.4 Å². The van der Waals surface area contributed by atoms with E-state index >= 15 is 0 Å². The SMILES string of the molecule is Cc1c(Nc2c3ccccc3nc3ccccc23)c(=O)n(-c2ccccc2)n1C.Cl. The minimum absolute atomic E-state index is 0. The fraction of sp³-hybridized carbons (Fsp3) is 0.0833. The molecule has 3 aromatic carbocycles. The van der Waals surface area contributed by atoms with E-state index in [0.29, 0.717) is 5.69 Å². The highest BCUT2D eigenvalue weighted by atomic mass is 35.5. The molecule has 0 amide bonds. The van der Waals surface area contributed by atoms with Crippen molar-refractivity contribution in [3.05, 3.63) is 94.9 Å². The molecular weight excluding hydrogens is 396 g/mol. The van der Waals surface area contributed by atoms with Gasteiger partial charge in [-0.1, -0.05) is 54.6 Å². The van der Waals surface area contributed by atoms with Gasteiger partial charge in [-0.2, -0.15) is 0 Å². The summed E-state index contributed by atoms with van der Waals surface area (Å²) in [4.78, 5) is 18.1. The van der Waals surface area contributed by atoms with Crippen molar-refractivity contribution in [2.24, 2.45) is 7.05 Å². The van der Waals surface area contributed by atoms with Gasteiger partial charge in [-0.3, -0.25) is 9.48 Å². The molecular formula is C24H21ClN4O. The second-order valence-corrected chi connectivity index (χ2v) is 7.08. The quantitative estimate of drug-likeness (QED) is 0.403. The molecule has 0 spiro atoms. The Bertz CT molecular complexity index is 1370. The lowest BCUT2D eigenvalue weighted by Gasteiger charge is -2.12. The van der Waals surface area contributed by atoms with Crippen LogP contribution in [0.4, 0.5) is 11.4 Å². The van der Waals surface area contributed by atoms with Crippen molar-refractivity contribution < 1.29 is 0 Å². The van der Waals surface area contributed by atoms with E-state index in [0.717, 1.165) is 38.9 Å². The third-order valence-electron chi connectivity index (χ3n) is 5.39. The van der Waals surface area contributed by atoms with Crippen molar-refractivity contribution in [1.29, 1.82) is 0 Å². The van der Waals surface area contributed by atoms with E-state index in [9.17, 15) is 4.79 Å². The second kappa shape index (κ2) is 7.69. The Hall–Kier alpha value is -3.57. The number of hydrogen-bond acceptors (Lipinski definition) is 3. The third-order valence-corrected chi connectivity index (χ3v) is 5.39. The van der Waals surface area contributed by atoms with Crippen molar-refractivity contribution >= 4 is 45.6 Å². The molecule has 0 aliphatic carbocycles. The molecule has 0 bridgehead atoms. The zero-order valence-electron chi connectivity index (χ0n) is 16.7. The van der Waals surface area contributed by atoms with Crippen molar-refractivity contribution in [1.82, 2.24) is 14.3 Å². The molecule has 0 aliphatic rings. The maximum absolute atomic E-state index is 13.4. The molecule has 0 unspecified atom stereocenters. The molecule has 5 rings (SSSR count). The van der Waals surface area contributed by atoms with Gasteiger partial charge in [0.2, 0.25) is 0 Å². The summed E-state index contributed by atoms with van der Waals surface area (Å²) < 4.78 is 3.56. The normalized spacial score (nSPS) is 10.9. The first kappa shape index (κ1) is 19.7. The summed E-state index contributed by atoms with van der Waals surface area (Å²) in [5, 5.41) is 5.44. The van der Waals surface area contributed by atoms with Gasteiger partial charge in [0.15, 0.2) is 0 Å². The fourth-order valence-corrected chi connectivity index (χ4v) is 3.81. The lowest BCUT2D eigenvalue weighted by atomic mass is 10.1. The van der Waals surface area contributed by atoms with Crippen LogP contribution in [0.15, 0.2) is 83.7 Å². The summed E-state index contributed by atoms with van der Waals surface area (Å²) in [5.74, 6) is 0. The van der Waals surface area contributed by atoms with Crippen LogP contribution in [0, 0.1) is 6.92 Å². The first-order chi connectivity index (χ1) is 14.1. The van der Waals surface area contributed by atoms with E-state index in [2.05, 4.69) is 5.32 Å². The molecule has 30 heavy (non-hydrogen) atoms. The molecule has 0 saturated carbocycles. The largest absolute Gasteiger partial charge is 0.348 e. The van der Waals surface area contributed by atoms with Crippen LogP contribution in [0.2, 0.25) is 0 Å². The minimum atomic E-state index is -0.0822. The lowest BCUT2D eigenvalue weighted by molar-refractivity contribution is 0.630. The van der Waals surface area contributed by atoms with Crippen LogP contribution < -0.4 is 10.9 Å². The number of hydrogen-bond donors (Lipinski definition) is 1. The number of rotatable bonds is 3. The van der Waals surface area contributed by atoms with Crippen molar-refractivity contribution in [3.63, 3.8) is 0 Å². The number of halogens is 1. The number of anilines is 2. The molecule has 0 saturated heterocycles. The number of nitrogens with one attached hydrogen (secondary N) is 1. The number of nitrogens with zero attached hydrogens (tertiary/aromatic N) is 3. The van der Waals surface area contributed by atoms with Gasteiger partial charge in [-0.25, -0.2) is 9.67 Å². The van der Waals surface area contributed by atoms with E-state index in [1.807, 2.05) is 97.5 Å². The zero-order valence-corrected chi connectivity index (χ0v) is 17.5. The van der Waals surface area contributed by atoms with Crippen molar-refractivity contribution in [2.75, 3.05) is 5.32 Å². The topological polar surface area (TPSA) is 51.9 Å². The van der Waals surface area contributed by atoms with Crippen LogP contribution in [0.5, 0.6) is 0 Å². The van der Waals surface area contributed by atoms with E-state index in [4.69, 9.17) is 4.98 Å². The predicted octanol–water partition coefficient (Wildman–Crippen LogP) is 5.35. The van der Waals surface area contributed by atoms with E-state index in [-0.39, 0.29) is 18.0 Å². The summed E-state index contributed by atoms with van der Waals surface area (Å²) in [6, 6.07) is 25.7. The van der Waals surface area contributed by atoms with Crippen molar-refractivity contribution in [2.45, 2.75) is 6.92 Å². The predicted molar refractivity (Wildman–Crippen MR) is 126 cm³/mol. The average Bonchev–Trinajstić information content (AvgIpc) is 2.97. The Morgan fingerprint density at radius 1 is 0.767 bits per heavy atom. The molecule has 2 heterocycles. The summed E-state index contributed by atoms with van der Waals surface area (Å²) >= 11 is 0.